The number of nitrogens with two attached hydrogens (primary N) is 2. The van der Waals surface area contributed by atoms with E-state index in [1.807, 2.05) is 0 Å². The van der Waals surface area contributed by atoms with Crippen LogP contribution in [0.4, 0.5) is 0 Å². The highest BCUT2D eigenvalue weighted by atomic mass is 16.4. The van der Waals surface area contributed by atoms with Crippen molar-refractivity contribution in [2.75, 3.05) is 26.2 Å². The number of nitrogens with zero attached hydrogens (tertiary/aromatic N) is 2. The third-order valence-corrected chi connectivity index (χ3v) is 12.6. The fourth-order valence-corrected chi connectivity index (χ4v) is 8.02. The predicted molar refractivity (Wildman–Crippen MR) is 304 cm³/mol. The Hall–Kier alpha value is -9.57. The number of imidazole rings is 2. The van der Waals surface area contributed by atoms with E-state index in [0.717, 1.165) is 0 Å². The van der Waals surface area contributed by atoms with Gasteiger partial charge in [-0.15, -0.1) is 0 Å². The van der Waals surface area contributed by atoms with Gasteiger partial charge in [0.1, 0.15) is 54.4 Å². The highest BCUT2D eigenvalue weighted by Gasteiger charge is 2.34. The standard InChI is InChI=1S/C52H82N18O17/c1-25(2)14-34(68-50(84)36(16-31-19-56-24-61-31)69-49(83)35(64-29(7)71)15-30-18-55-23-60-30)46(80)59-20-39(73)57-21-40(74)62-28(6)45(79)66-32(10-8-9-13-53)48(82)67-33(11-12-38(54)72)47(81)63-27(5)44(78)58-22-41(75)65-37(17-42(76)77)51(85)70-43(26(3)4)52(86)87/h18-19,23-28,32-37,43H,8-17,20-22,53H2,1-7H3,(H2,54,72)(H,55,60)(H,56,61)(H,57,73)(H,58,78)(H,59,80)(H,62,74)(H,63,81)(H,64,71)(H,65,75)(H,66,79)(H,67,82)(H,68,84)(H,69,83)(H,70,85)(H,76,77)(H,86,87)/t27-,28-,32-,33-,34-,35-,36-,37-,43-/m0/s1. The lowest BCUT2D eigenvalue weighted by Crippen LogP contribution is -2.58. The van der Waals surface area contributed by atoms with Gasteiger partial charge in [-0.1, -0.05) is 27.7 Å². The van der Waals surface area contributed by atoms with Crippen LogP contribution in [0.25, 0.3) is 0 Å². The summed E-state index contributed by atoms with van der Waals surface area (Å²) in [5.41, 5.74) is 11.9. The Morgan fingerprint density at radius 2 is 0.977 bits per heavy atom. The first-order valence-corrected chi connectivity index (χ1v) is 27.8. The van der Waals surface area contributed by atoms with Gasteiger partial charge in [-0.2, -0.15) is 0 Å². The van der Waals surface area contributed by atoms with Crippen LogP contribution in [0, 0.1) is 11.8 Å². The number of hydrogen-bond donors (Lipinski definition) is 18. The number of rotatable bonds is 40. The van der Waals surface area contributed by atoms with E-state index in [1.54, 1.807) is 13.8 Å². The molecular formula is C52H82N18O17. The van der Waals surface area contributed by atoms with Crippen molar-refractivity contribution >= 4 is 88.7 Å². The Bertz CT molecular complexity index is 2710. The monoisotopic (exact) mass is 1230 g/mol. The molecule has 87 heavy (non-hydrogen) atoms. The number of carbonyl (C=O) groups excluding carboxylic acids is 13. The fraction of sp³-hybridized carbons (Fsp3) is 0.596. The average Bonchev–Trinajstić information content (AvgIpc) is 4.16. The summed E-state index contributed by atoms with van der Waals surface area (Å²) in [4.78, 5) is 206. The fourth-order valence-electron chi connectivity index (χ4n) is 8.02. The smallest absolute Gasteiger partial charge is 0.326 e. The molecule has 35 heteroatoms. The maximum Gasteiger partial charge on any atom is 0.326 e. The number of unbranched alkanes of at least 4 members (excludes halogenated alkanes) is 1. The second kappa shape index (κ2) is 37.7. The number of carboxylic acids is 2. The van der Waals surface area contributed by atoms with Gasteiger partial charge in [0.25, 0.3) is 0 Å². The lowest BCUT2D eigenvalue weighted by molar-refractivity contribution is -0.144. The van der Waals surface area contributed by atoms with Crippen LogP contribution in [0.1, 0.15) is 105 Å². The van der Waals surface area contributed by atoms with Gasteiger partial charge in [-0.05, 0) is 64.3 Å². The number of carboxylic acid groups (broad SMARTS) is 2. The molecule has 2 heterocycles. The number of hydrogen-bond acceptors (Lipinski definition) is 18. The number of aliphatic carboxylic acids is 2. The van der Waals surface area contributed by atoms with E-state index < -0.39 is 188 Å². The molecule has 2 rings (SSSR count). The molecule has 0 unspecified atom stereocenters. The van der Waals surface area contributed by atoms with E-state index >= 15 is 0 Å². The molecule has 20 N–H and O–H groups in total. The summed E-state index contributed by atoms with van der Waals surface area (Å²) in [6, 6.07) is -12.5. The van der Waals surface area contributed by atoms with Crippen molar-refractivity contribution in [3.05, 3.63) is 36.4 Å². The quantitative estimate of drug-likeness (QED) is 0.0276. The van der Waals surface area contributed by atoms with Crippen LogP contribution in [-0.4, -0.2) is 199 Å². The summed E-state index contributed by atoms with van der Waals surface area (Å²) in [5.74, 6) is -15.2. The maximum absolute atomic E-state index is 13.9. The van der Waals surface area contributed by atoms with Crippen molar-refractivity contribution in [1.82, 2.24) is 83.7 Å². The van der Waals surface area contributed by atoms with E-state index in [0.29, 0.717) is 17.8 Å². The number of aromatic amines is 2. The first-order chi connectivity index (χ1) is 40.9. The molecule has 0 aliphatic heterocycles. The molecule has 13 amide bonds. The Morgan fingerprint density at radius 1 is 0.506 bits per heavy atom. The van der Waals surface area contributed by atoms with E-state index in [-0.39, 0.29) is 44.6 Å². The van der Waals surface area contributed by atoms with E-state index in [1.165, 1.54) is 59.7 Å². The molecule has 0 aliphatic carbocycles. The van der Waals surface area contributed by atoms with Crippen molar-refractivity contribution in [2.45, 2.75) is 161 Å². The van der Waals surface area contributed by atoms with Gasteiger partial charge in [0.2, 0.25) is 76.8 Å². The van der Waals surface area contributed by atoms with Gasteiger partial charge in [-0.3, -0.25) is 67.1 Å². The number of primary amides is 1. The molecule has 0 aromatic carbocycles. The van der Waals surface area contributed by atoms with Crippen LogP contribution < -0.4 is 75.3 Å². The average molecular weight is 1230 g/mol. The SMILES string of the molecule is CC(=O)N[C@@H](Cc1cnc[nH]1)C(=O)N[C@@H](Cc1cnc[nH]1)C(=O)N[C@@H](CC(C)C)C(=O)NCC(=O)NCC(=O)N[C@@H](C)C(=O)N[C@@H](CCCCN)C(=O)N[C@@H](CCC(N)=O)C(=O)N[C@@H](C)C(=O)NCC(=O)N[C@@H](CC(=O)O)C(=O)N[C@H](C(=O)O)C(C)C. The normalized spacial score (nSPS) is 14.0. The van der Waals surface area contributed by atoms with Crippen molar-refractivity contribution in [3.8, 4) is 0 Å². The van der Waals surface area contributed by atoms with Crippen molar-refractivity contribution in [3.63, 3.8) is 0 Å². The third kappa shape index (κ3) is 28.7. The largest absolute Gasteiger partial charge is 0.481 e. The molecule has 0 fully saturated rings. The molecule has 0 radical (unpaired) electrons. The number of aromatic nitrogens is 4. The summed E-state index contributed by atoms with van der Waals surface area (Å²) in [6.07, 6.45) is 4.46. The van der Waals surface area contributed by atoms with Crippen LogP contribution in [0.3, 0.4) is 0 Å². The Kier molecular flexibility index (Phi) is 31.8. The molecule has 0 bridgehead atoms. The van der Waals surface area contributed by atoms with Crippen molar-refractivity contribution in [2.24, 2.45) is 23.3 Å². The third-order valence-electron chi connectivity index (χ3n) is 12.6. The Morgan fingerprint density at radius 3 is 1.49 bits per heavy atom. The highest BCUT2D eigenvalue weighted by molar-refractivity contribution is 5.99. The summed E-state index contributed by atoms with van der Waals surface area (Å²) in [5, 5.41) is 47.3. The number of nitrogens with one attached hydrogen (secondary N) is 14. The molecule has 0 aliphatic rings. The van der Waals surface area contributed by atoms with Crippen molar-refractivity contribution in [1.29, 1.82) is 0 Å². The molecule has 9 atom stereocenters. The van der Waals surface area contributed by atoms with E-state index in [4.69, 9.17) is 11.5 Å². The van der Waals surface area contributed by atoms with Gasteiger partial charge in [0.15, 0.2) is 0 Å². The molecule has 35 nitrogen and oxygen atoms in total. The van der Waals surface area contributed by atoms with Crippen LogP contribution in [0.5, 0.6) is 0 Å². The first-order valence-electron chi connectivity index (χ1n) is 27.8. The van der Waals surface area contributed by atoms with Crippen LogP contribution in [-0.2, 0) is 84.8 Å². The van der Waals surface area contributed by atoms with Crippen LogP contribution in [0.15, 0.2) is 25.0 Å². The number of carbonyl (C=O) groups is 15. The zero-order valence-electron chi connectivity index (χ0n) is 49.4. The molecule has 0 spiro atoms. The first kappa shape index (κ1) is 73.5. The lowest BCUT2D eigenvalue weighted by atomic mass is 10.0. The minimum Gasteiger partial charge on any atom is -0.481 e. The minimum atomic E-state index is -1.74. The maximum atomic E-state index is 13.9. The van der Waals surface area contributed by atoms with Crippen molar-refractivity contribution < 1.29 is 82.1 Å². The Labute approximate surface area is 499 Å². The molecular weight excluding hydrogens is 1150 g/mol. The second-order valence-electron chi connectivity index (χ2n) is 21.0. The Balaban J connectivity index is 2.06. The zero-order chi connectivity index (χ0) is 65.5. The van der Waals surface area contributed by atoms with E-state index in [9.17, 15) is 82.1 Å². The van der Waals surface area contributed by atoms with Crippen LogP contribution in [0.2, 0.25) is 0 Å². The van der Waals surface area contributed by atoms with Gasteiger partial charge < -0.3 is 95.4 Å². The molecule has 0 saturated heterocycles. The van der Waals surface area contributed by atoms with Gasteiger partial charge in [0.05, 0.1) is 38.7 Å². The van der Waals surface area contributed by atoms with Crippen LogP contribution >= 0.6 is 0 Å². The highest BCUT2D eigenvalue weighted by Crippen LogP contribution is 2.10. The lowest BCUT2D eigenvalue weighted by Gasteiger charge is -2.25. The number of H-pyrrole nitrogens is 2. The second-order valence-corrected chi connectivity index (χ2v) is 21.0. The molecule has 482 valence electrons. The van der Waals surface area contributed by atoms with E-state index in [2.05, 4.69) is 83.7 Å². The summed E-state index contributed by atoms with van der Waals surface area (Å²) in [7, 11) is 0. The summed E-state index contributed by atoms with van der Waals surface area (Å²) in [6.45, 7) is 8.17. The predicted octanol–water partition coefficient (Wildman–Crippen LogP) is -6.65. The molecule has 2 aromatic rings. The van der Waals surface area contributed by atoms with Gasteiger partial charge in [-0.25, -0.2) is 14.8 Å². The topological polar surface area (TPSA) is 550 Å². The minimum absolute atomic E-state index is 0.00689. The summed E-state index contributed by atoms with van der Waals surface area (Å²) >= 11 is 0. The van der Waals surface area contributed by atoms with Gasteiger partial charge in [0, 0.05) is 50.0 Å². The van der Waals surface area contributed by atoms with Gasteiger partial charge >= 0.3 is 11.9 Å². The zero-order valence-corrected chi connectivity index (χ0v) is 49.4. The molecule has 0 saturated carbocycles. The summed E-state index contributed by atoms with van der Waals surface area (Å²) < 4.78 is 0. The molecule has 2 aromatic heterocycles. The number of amides is 13.